The summed E-state index contributed by atoms with van der Waals surface area (Å²) in [4.78, 5) is 21.1. The Kier molecular flexibility index (Phi) is 9.25. The van der Waals surface area contributed by atoms with Crippen molar-refractivity contribution in [2.75, 3.05) is 54.4 Å². The third-order valence-corrected chi connectivity index (χ3v) is 5.54. The van der Waals surface area contributed by atoms with Crippen LogP contribution in [0.25, 0.3) is 0 Å². The zero-order valence-electron chi connectivity index (χ0n) is 18.6. The van der Waals surface area contributed by atoms with Gasteiger partial charge >= 0.3 is 0 Å². The van der Waals surface area contributed by atoms with Crippen molar-refractivity contribution in [3.8, 4) is 5.75 Å². The molecule has 2 rings (SSSR count). The summed E-state index contributed by atoms with van der Waals surface area (Å²) in [6, 6.07) is 8.27. The van der Waals surface area contributed by atoms with Crippen LogP contribution in [-0.4, -0.2) is 76.1 Å². The van der Waals surface area contributed by atoms with Gasteiger partial charge in [0, 0.05) is 38.7 Å². The monoisotopic (exact) mass is 403 g/mol. The smallest absolute Gasteiger partial charge is 0.220 e. The fourth-order valence-electron chi connectivity index (χ4n) is 3.79. The number of piperidine rings is 1. The molecule has 162 valence electrons. The predicted octanol–water partition coefficient (Wildman–Crippen LogP) is 2.11. The standard InChI is InChI=1S/C22H37N5O2/c1-6-24-22(27-13-11-17(12-14-27)15-21(28)23-2)25-16-19(26(3)4)18-9-7-8-10-20(18)29-5/h7-10,17,19H,6,11-16H2,1-5H3,(H,23,28)(H,24,25). The van der Waals surface area contributed by atoms with E-state index < -0.39 is 0 Å². The van der Waals surface area contributed by atoms with Gasteiger partial charge in [-0.25, -0.2) is 0 Å². The number of likely N-dealkylation sites (N-methyl/N-ethyl adjacent to an activating group) is 1. The first-order valence-corrected chi connectivity index (χ1v) is 10.5. The third-order valence-electron chi connectivity index (χ3n) is 5.54. The topological polar surface area (TPSA) is 69.2 Å². The molecule has 0 bridgehead atoms. The van der Waals surface area contributed by atoms with E-state index in [-0.39, 0.29) is 11.9 Å². The maximum Gasteiger partial charge on any atom is 0.220 e. The number of para-hydroxylation sites is 1. The molecule has 29 heavy (non-hydrogen) atoms. The molecule has 2 N–H and O–H groups in total. The Labute approximate surface area is 175 Å². The minimum Gasteiger partial charge on any atom is -0.496 e. The van der Waals surface area contributed by atoms with Crippen LogP contribution >= 0.6 is 0 Å². The van der Waals surface area contributed by atoms with Crippen LogP contribution in [0.4, 0.5) is 0 Å². The van der Waals surface area contributed by atoms with E-state index in [1.807, 2.05) is 18.2 Å². The summed E-state index contributed by atoms with van der Waals surface area (Å²) in [5.41, 5.74) is 1.14. The number of nitrogens with zero attached hydrogens (tertiary/aromatic N) is 3. The van der Waals surface area contributed by atoms with E-state index in [1.165, 1.54) is 0 Å². The Bertz CT molecular complexity index is 669. The molecule has 7 heteroatoms. The zero-order chi connectivity index (χ0) is 21.2. The van der Waals surface area contributed by atoms with Crippen molar-refractivity contribution >= 4 is 11.9 Å². The van der Waals surface area contributed by atoms with Gasteiger partial charge in [0.2, 0.25) is 5.91 Å². The summed E-state index contributed by atoms with van der Waals surface area (Å²) in [6.07, 6.45) is 2.65. The average molecular weight is 404 g/mol. The van der Waals surface area contributed by atoms with Gasteiger partial charge in [0.15, 0.2) is 5.96 Å². The average Bonchev–Trinajstić information content (AvgIpc) is 2.73. The Morgan fingerprint density at radius 3 is 2.59 bits per heavy atom. The quantitative estimate of drug-likeness (QED) is 0.514. The number of amides is 1. The second-order valence-corrected chi connectivity index (χ2v) is 7.72. The minimum atomic E-state index is 0.130. The van der Waals surface area contributed by atoms with Crippen LogP contribution < -0.4 is 15.4 Å². The number of hydrogen-bond donors (Lipinski definition) is 2. The van der Waals surface area contributed by atoms with Gasteiger partial charge in [0.1, 0.15) is 5.75 Å². The number of carbonyl (C=O) groups is 1. The number of aliphatic imine (C=N–C) groups is 1. The normalized spacial score (nSPS) is 16.6. The summed E-state index contributed by atoms with van der Waals surface area (Å²) in [7, 11) is 7.56. The van der Waals surface area contributed by atoms with Crippen LogP contribution in [0.5, 0.6) is 5.75 Å². The highest BCUT2D eigenvalue weighted by Crippen LogP contribution is 2.28. The molecule has 0 radical (unpaired) electrons. The van der Waals surface area contributed by atoms with Crippen molar-refractivity contribution in [2.45, 2.75) is 32.2 Å². The number of guanidine groups is 1. The first kappa shape index (κ1) is 23.0. The lowest BCUT2D eigenvalue weighted by Crippen LogP contribution is -2.46. The highest BCUT2D eigenvalue weighted by Gasteiger charge is 2.24. The molecule has 1 aromatic carbocycles. The molecule has 1 atom stereocenters. The molecule has 7 nitrogen and oxygen atoms in total. The van der Waals surface area contributed by atoms with Crippen LogP contribution in [0.3, 0.4) is 0 Å². The molecule has 1 amide bonds. The number of hydrogen-bond acceptors (Lipinski definition) is 4. The van der Waals surface area contributed by atoms with Crippen molar-refractivity contribution in [1.82, 2.24) is 20.4 Å². The highest BCUT2D eigenvalue weighted by molar-refractivity contribution is 5.80. The van der Waals surface area contributed by atoms with Crippen LogP contribution in [0, 0.1) is 5.92 Å². The van der Waals surface area contributed by atoms with E-state index in [0.717, 1.165) is 49.7 Å². The molecule has 0 aliphatic carbocycles. The number of nitrogens with one attached hydrogen (secondary N) is 2. The van der Waals surface area contributed by atoms with Gasteiger partial charge in [-0.2, -0.15) is 0 Å². The second kappa shape index (κ2) is 11.7. The Balaban J connectivity index is 2.08. The van der Waals surface area contributed by atoms with Crippen LogP contribution in [-0.2, 0) is 4.79 Å². The third kappa shape index (κ3) is 6.63. The van der Waals surface area contributed by atoms with E-state index in [0.29, 0.717) is 18.9 Å². The number of carbonyl (C=O) groups excluding carboxylic acids is 1. The van der Waals surface area contributed by atoms with E-state index in [4.69, 9.17) is 9.73 Å². The van der Waals surface area contributed by atoms with E-state index in [1.54, 1.807) is 14.2 Å². The fourth-order valence-corrected chi connectivity index (χ4v) is 3.79. The maximum atomic E-state index is 11.7. The number of benzene rings is 1. The molecule has 1 heterocycles. The lowest BCUT2D eigenvalue weighted by molar-refractivity contribution is -0.121. The molecule has 1 aliphatic heterocycles. The molecule has 1 aliphatic rings. The van der Waals surface area contributed by atoms with E-state index in [2.05, 4.69) is 47.5 Å². The number of methoxy groups -OCH3 is 1. The van der Waals surface area contributed by atoms with Gasteiger partial charge in [-0.05, 0) is 45.8 Å². The van der Waals surface area contributed by atoms with Gasteiger partial charge in [-0.3, -0.25) is 9.79 Å². The summed E-state index contributed by atoms with van der Waals surface area (Å²) in [5, 5.41) is 6.17. The lowest BCUT2D eigenvalue weighted by atomic mass is 9.93. The SMILES string of the molecule is CCNC(=NCC(c1ccccc1OC)N(C)C)N1CCC(CC(=O)NC)CC1. The van der Waals surface area contributed by atoms with Gasteiger partial charge in [0.25, 0.3) is 0 Å². The highest BCUT2D eigenvalue weighted by atomic mass is 16.5. The largest absolute Gasteiger partial charge is 0.496 e. The van der Waals surface area contributed by atoms with Crippen molar-refractivity contribution < 1.29 is 9.53 Å². The fraction of sp³-hybridized carbons (Fsp3) is 0.636. The Morgan fingerprint density at radius 2 is 2.00 bits per heavy atom. The van der Waals surface area contributed by atoms with Gasteiger partial charge in [-0.1, -0.05) is 18.2 Å². The summed E-state index contributed by atoms with van der Waals surface area (Å²) in [5.74, 6) is 2.43. The van der Waals surface area contributed by atoms with Gasteiger partial charge < -0.3 is 25.2 Å². The molecule has 1 saturated heterocycles. The molecular weight excluding hydrogens is 366 g/mol. The van der Waals surface area contributed by atoms with Crippen molar-refractivity contribution in [2.24, 2.45) is 10.9 Å². The van der Waals surface area contributed by atoms with Crippen LogP contribution in [0.1, 0.15) is 37.8 Å². The van der Waals surface area contributed by atoms with Crippen LogP contribution in [0.2, 0.25) is 0 Å². The van der Waals surface area contributed by atoms with Crippen molar-refractivity contribution in [3.05, 3.63) is 29.8 Å². The molecule has 0 aromatic heterocycles. The van der Waals surface area contributed by atoms with Crippen LogP contribution in [0.15, 0.2) is 29.3 Å². The predicted molar refractivity (Wildman–Crippen MR) is 118 cm³/mol. The van der Waals surface area contributed by atoms with E-state index >= 15 is 0 Å². The molecule has 1 aromatic rings. The summed E-state index contributed by atoms with van der Waals surface area (Å²) >= 11 is 0. The molecule has 0 spiro atoms. The maximum absolute atomic E-state index is 11.7. The van der Waals surface area contributed by atoms with Crippen molar-refractivity contribution in [3.63, 3.8) is 0 Å². The second-order valence-electron chi connectivity index (χ2n) is 7.72. The van der Waals surface area contributed by atoms with Gasteiger partial charge in [0.05, 0.1) is 19.7 Å². The van der Waals surface area contributed by atoms with Crippen molar-refractivity contribution in [1.29, 1.82) is 0 Å². The molecular formula is C22H37N5O2. The minimum absolute atomic E-state index is 0.130. The molecule has 0 saturated carbocycles. The number of rotatable bonds is 8. The molecule has 1 fully saturated rings. The first-order chi connectivity index (χ1) is 14.0. The van der Waals surface area contributed by atoms with Gasteiger partial charge in [-0.15, -0.1) is 0 Å². The Hall–Kier alpha value is -2.28. The lowest BCUT2D eigenvalue weighted by Gasteiger charge is -2.34. The zero-order valence-corrected chi connectivity index (χ0v) is 18.6. The number of ether oxygens (including phenoxy) is 1. The first-order valence-electron chi connectivity index (χ1n) is 10.5. The van der Waals surface area contributed by atoms with E-state index in [9.17, 15) is 4.79 Å². The summed E-state index contributed by atoms with van der Waals surface area (Å²) < 4.78 is 5.57. The summed E-state index contributed by atoms with van der Waals surface area (Å²) in [6.45, 7) is 5.42. The molecule has 1 unspecified atom stereocenters. The Morgan fingerprint density at radius 1 is 1.31 bits per heavy atom. The number of likely N-dealkylation sites (tertiary alicyclic amines) is 1.